The second kappa shape index (κ2) is 7.81. The van der Waals surface area contributed by atoms with Crippen molar-refractivity contribution in [3.63, 3.8) is 0 Å². The van der Waals surface area contributed by atoms with Crippen molar-refractivity contribution in [2.24, 2.45) is 0 Å². The molecule has 1 aliphatic rings. The van der Waals surface area contributed by atoms with Crippen LogP contribution in [0.5, 0.6) is 0 Å². The van der Waals surface area contributed by atoms with E-state index >= 15 is 0 Å². The van der Waals surface area contributed by atoms with Crippen LogP contribution >= 0.6 is 11.6 Å². The second-order valence-electron chi connectivity index (χ2n) is 5.90. The predicted molar refractivity (Wildman–Crippen MR) is 87.5 cm³/mol. The minimum Gasteiger partial charge on any atom is -0.341 e. The van der Waals surface area contributed by atoms with Gasteiger partial charge in [-0.1, -0.05) is 36.6 Å². The average molecular weight is 309 g/mol. The van der Waals surface area contributed by atoms with Crippen molar-refractivity contribution in [2.75, 3.05) is 13.1 Å². The molecule has 1 aromatic carbocycles. The largest absolute Gasteiger partial charge is 0.341 e. The first-order valence-corrected chi connectivity index (χ1v) is 8.26. The molecule has 2 atom stereocenters. The average Bonchev–Trinajstić information content (AvgIpc) is 2.75. The Morgan fingerprint density at radius 3 is 2.48 bits per heavy atom. The summed E-state index contributed by atoms with van der Waals surface area (Å²) < 4.78 is 0. The summed E-state index contributed by atoms with van der Waals surface area (Å²) in [4.78, 5) is 14.5. The van der Waals surface area contributed by atoms with Gasteiger partial charge in [0.1, 0.15) is 0 Å². The molecular formula is C17H25ClN2O. The monoisotopic (exact) mass is 308 g/mol. The molecule has 4 heteroatoms. The van der Waals surface area contributed by atoms with E-state index in [0.717, 1.165) is 36.5 Å². The standard InChI is InChI=1S/C17H25ClN2O/c1-13(15-8-7-9-16(18)12-15)19-14(2)17(21)20-10-5-3-4-6-11-20/h7-9,12-14,19H,3-6,10-11H2,1-2H3. The molecule has 3 nitrogen and oxygen atoms in total. The van der Waals surface area contributed by atoms with Crippen molar-refractivity contribution >= 4 is 17.5 Å². The van der Waals surface area contributed by atoms with Gasteiger partial charge in [-0.2, -0.15) is 0 Å². The number of nitrogens with zero attached hydrogens (tertiary/aromatic N) is 1. The molecule has 2 rings (SSSR count). The van der Waals surface area contributed by atoms with Crippen LogP contribution in [0.1, 0.15) is 51.1 Å². The van der Waals surface area contributed by atoms with Gasteiger partial charge in [0.05, 0.1) is 6.04 Å². The predicted octanol–water partition coefficient (Wildman–Crippen LogP) is 3.78. The topological polar surface area (TPSA) is 32.3 Å². The molecule has 1 heterocycles. The number of amides is 1. The van der Waals surface area contributed by atoms with Crippen LogP contribution in [-0.2, 0) is 4.79 Å². The van der Waals surface area contributed by atoms with Crippen LogP contribution in [0.25, 0.3) is 0 Å². The number of hydrogen-bond acceptors (Lipinski definition) is 2. The number of carbonyl (C=O) groups is 1. The van der Waals surface area contributed by atoms with Gasteiger partial charge in [0, 0.05) is 24.2 Å². The molecular weight excluding hydrogens is 284 g/mol. The summed E-state index contributed by atoms with van der Waals surface area (Å²) in [5.74, 6) is 0.214. The highest BCUT2D eigenvalue weighted by atomic mass is 35.5. The Labute approximate surface area is 132 Å². The van der Waals surface area contributed by atoms with Crippen LogP contribution in [0.2, 0.25) is 5.02 Å². The van der Waals surface area contributed by atoms with E-state index in [1.807, 2.05) is 36.1 Å². The Bertz CT molecular complexity index is 470. The van der Waals surface area contributed by atoms with Crippen molar-refractivity contribution < 1.29 is 4.79 Å². The zero-order valence-electron chi connectivity index (χ0n) is 12.9. The van der Waals surface area contributed by atoms with Gasteiger partial charge in [-0.05, 0) is 44.4 Å². The molecule has 1 fully saturated rings. The first-order chi connectivity index (χ1) is 10.1. The first kappa shape index (κ1) is 16.3. The van der Waals surface area contributed by atoms with Gasteiger partial charge in [0.25, 0.3) is 0 Å². The van der Waals surface area contributed by atoms with E-state index in [4.69, 9.17) is 11.6 Å². The fourth-order valence-electron chi connectivity index (χ4n) is 2.88. The van der Waals surface area contributed by atoms with E-state index in [1.54, 1.807) is 0 Å². The first-order valence-electron chi connectivity index (χ1n) is 7.88. The number of nitrogens with one attached hydrogen (secondary N) is 1. The van der Waals surface area contributed by atoms with Gasteiger partial charge < -0.3 is 4.90 Å². The Hall–Kier alpha value is -1.06. The zero-order chi connectivity index (χ0) is 15.2. The van der Waals surface area contributed by atoms with Gasteiger partial charge in [-0.25, -0.2) is 0 Å². The maximum Gasteiger partial charge on any atom is 0.239 e. The molecule has 1 aliphatic heterocycles. The van der Waals surface area contributed by atoms with Crippen molar-refractivity contribution in [3.05, 3.63) is 34.9 Å². The van der Waals surface area contributed by atoms with Gasteiger partial charge in [-0.15, -0.1) is 0 Å². The SMILES string of the molecule is CC(NC(C)c1cccc(Cl)c1)C(=O)N1CCCCCC1. The van der Waals surface area contributed by atoms with E-state index in [1.165, 1.54) is 12.8 Å². The van der Waals surface area contributed by atoms with Gasteiger partial charge in [-0.3, -0.25) is 10.1 Å². The normalized spacial score (nSPS) is 18.9. The van der Waals surface area contributed by atoms with E-state index in [0.29, 0.717) is 0 Å². The second-order valence-corrected chi connectivity index (χ2v) is 6.34. The molecule has 1 aromatic rings. The molecule has 0 spiro atoms. The maximum atomic E-state index is 12.5. The van der Waals surface area contributed by atoms with Crippen LogP contribution in [0, 0.1) is 0 Å². The molecule has 1 saturated heterocycles. The molecule has 1 N–H and O–H groups in total. The lowest BCUT2D eigenvalue weighted by atomic mass is 10.1. The summed E-state index contributed by atoms with van der Waals surface area (Å²) in [6.45, 7) is 5.82. The number of halogens is 1. The minimum atomic E-state index is -0.169. The van der Waals surface area contributed by atoms with Crippen molar-refractivity contribution in [3.8, 4) is 0 Å². The number of hydrogen-bond donors (Lipinski definition) is 1. The third-order valence-electron chi connectivity index (χ3n) is 4.14. The van der Waals surface area contributed by atoms with E-state index < -0.39 is 0 Å². The number of likely N-dealkylation sites (tertiary alicyclic amines) is 1. The molecule has 0 bridgehead atoms. The zero-order valence-corrected chi connectivity index (χ0v) is 13.7. The van der Waals surface area contributed by atoms with Crippen LogP contribution in [0.15, 0.2) is 24.3 Å². The Balaban J connectivity index is 1.93. The van der Waals surface area contributed by atoms with Gasteiger partial charge in [0.15, 0.2) is 0 Å². The highest BCUT2D eigenvalue weighted by Crippen LogP contribution is 2.18. The van der Waals surface area contributed by atoms with Gasteiger partial charge in [0.2, 0.25) is 5.91 Å². The summed E-state index contributed by atoms with van der Waals surface area (Å²) in [7, 11) is 0. The summed E-state index contributed by atoms with van der Waals surface area (Å²) in [6.07, 6.45) is 4.74. The molecule has 0 aliphatic carbocycles. The molecule has 21 heavy (non-hydrogen) atoms. The minimum absolute atomic E-state index is 0.106. The van der Waals surface area contributed by atoms with E-state index in [-0.39, 0.29) is 18.0 Å². The molecule has 1 amide bonds. The smallest absolute Gasteiger partial charge is 0.239 e. The lowest BCUT2D eigenvalue weighted by molar-refractivity contribution is -0.133. The van der Waals surface area contributed by atoms with E-state index in [2.05, 4.69) is 12.2 Å². The number of carbonyl (C=O) groups excluding carboxylic acids is 1. The fraction of sp³-hybridized carbons (Fsp3) is 0.588. The van der Waals surface area contributed by atoms with Crippen LogP contribution in [0.4, 0.5) is 0 Å². The number of rotatable bonds is 4. The molecule has 0 aromatic heterocycles. The highest BCUT2D eigenvalue weighted by molar-refractivity contribution is 6.30. The molecule has 0 saturated carbocycles. The Morgan fingerprint density at radius 2 is 1.86 bits per heavy atom. The van der Waals surface area contributed by atoms with E-state index in [9.17, 15) is 4.79 Å². The number of benzene rings is 1. The molecule has 0 radical (unpaired) electrons. The summed E-state index contributed by atoms with van der Waals surface area (Å²) in [6, 6.07) is 7.72. The van der Waals surface area contributed by atoms with Crippen molar-refractivity contribution in [1.29, 1.82) is 0 Å². The molecule has 2 unspecified atom stereocenters. The summed E-state index contributed by atoms with van der Waals surface area (Å²) in [5.41, 5.74) is 1.11. The van der Waals surface area contributed by atoms with Crippen LogP contribution < -0.4 is 5.32 Å². The maximum absolute atomic E-state index is 12.5. The highest BCUT2D eigenvalue weighted by Gasteiger charge is 2.22. The van der Waals surface area contributed by atoms with Crippen molar-refractivity contribution in [1.82, 2.24) is 10.2 Å². The Morgan fingerprint density at radius 1 is 1.19 bits per heavy atom. The fourth-order valence-corrected chi connectivity index (χ4v) is 3.08. The third kappa shape index (κ3) is 4.72. The van der Waals surface area contributed by atoms with Crippen LogP contribution in [-0.4, -0.2) is 29.9 Å². The van der Waals surface area contributed by atoms with Crippen molar-refractivity contribution in [2.45, 2.75) is 51.6 Å². The Kier molecular flexibility index (Phi) is 6.07. The summed E-state index contributed by atoms with van der Waals surface area (Å²) >= 11 is 6.02. The lowest BCUT2D eigenvalue weighted by Gasteiger charge is -2.27. The van der Waals surface area contributed by atoms with Crippen LogP contribution in [0.3, 0.4) is 0 Å². The lowest BCUT2D eigenvalue weighted by Crippen LogP contribution is -2.45. The van der Waals surface area contributed by atoms with Gasteiger partial charge >= 0.3 is 0 Å². The third-order valence-corrected chi connectivity index (χ3v) is 4.37. The quantitative estimate of drug-likeness (QED) is 0.918. The summed E-state index contributed by atoms with van der Waals surface area (Å²) in [5, 5.41) is 4.12. The molecule has 116 valence electrons.